The maximum atomic E-state index is 12.6. The summed E-state index contributed by atoms with van der Waals surface area (Å²) in [7, 11) is -4.02. The molecule has 4 N–H and O–H groups in total. The maximum Gasteiger partial charge on any atom is 0.294 e. The van der Waals surface area contributed by atoms with E-state index in [0.717, 1.165) is 68.8 Å². The summed E-state index contributed by atoms with van der Waals surface area (Å²) in [5.41, 5.74) is 6.93. The highest BCUT2D eigenvalue weighted by Gasteiger charge is 2.66. The lowest BCUT2D eigenvalue weighted by molar-refractivity contribution is -0.390. The number of rotatable bonds is 4. The van der Waals surface area contributed by atoms with Gasteiger partial charge in [0.05, 0.1) is 4.90 Å². The molecule has 4 bridgehead atoms. The Hall–Kier alpha value is -1.56. The van der Waals surface area contributed by atoms with E-state index in [1.54, 1.807) is 12.1 Å². The summed E-state index contributed by atoms with van der Waals surface area (Å²) in [5.74, 6) is 2.39. The molecule has 7 aliphatic rings. The van der Waals surface area contributed by atoms with Crippen molar-refractivity contribution >= 4 is 16.0 Å². The summed E-state index contributed by atoms with van der Waals surface area (Å²) in [6.45, 7) is 1.84. The molecule has 6 aliphatic carbocycles. The number of hydrogen-bond donors (Lipinski definition) is 3. The number of amides is 1. The maximum absolute atomic E-state index is 12.6. The van der Waals surface area contributed by atoms with Crippen LogP contribution in [0.1, 0.15) is 95.5 Å². The second kappa shape index (κ2) is 11.5. The van der Waals surface area contributed by atoms with Crippen LogP contribution in [0.5, 0.6) is 0 Å². The summed E-state index contributed by atoms with van der Waals surface area (Å²) >= 11 is 0. The van der Waals surface area contributed by atoms with Crippen molar-refractivity contribution in [1.82, 2.24) is 5.32 Å². The standard InChI is InChI=1S/C24H38N2O4.C7H8O3S/c25-20-1-3-21(4-2-20)26-22(27)14-15-5-7-23(8-6-15)28-24(30-29-23)18-10-16-9-17(12-18)13-19(24)11-16;1-6-2-4-7(5-3-6)11(8,9)10/h15-21H,1-14,25H2,(H,26,27);2-5H,1H3,(H,8,9,10). The lowest BCUT2D eigenvalue weighted by atomic mass is 9.53. The molecule has 9 nitrogen and oxygen atoms in total. The van der Waals surface area contributed by atoms with Gasteiger partial charge in [0.15, 0.2) is 0 Å². The van der Waals surface area contributed by atoms with Crippen LogP contribution in [0.3, 0.4) is 0 Å². The van der Waals surface area contributed by atoms with Gasteiger partial charge in [-0.05, 0) is 107 Å². The van der Waals surface area contributed by atoms with E-state index in [4.69, 9.17) is 24.8 Å². The molecule has 0 aromatic heterocycles. The molecule has 0 unspecified atom stereocenters. The first kappa shape index (κ1) is 29.5. The number of aryl methyl sites for hydroxylation is 1. The van der Waals surface area contributed by atoms with Gasteiger partial charge in [0.2, 0.25) is 17.5 Å². The van der Waals surface area contributed by atoms with Crippen LogP contribution >= 0.6 is 0 Å². The minimum absolute atomic E-state index is 0.0666. The predicted molar refractivity (Wildman–Crippen MR) is 152 cm³/mol. The fourth-order valence-corrected chi connectivity index (χ4v) is 9.12. The van der Waals surface area contributed by atoms with Gasteiger partial charge in [0.25, 0.3) is 10.1 Å². The van der Waals surface area contributed by atoms with Gasteiger partial charge in [0.1, 0.15) is 0 Å². The Morgan fingerprint density at radius 1 is 0.927 bits per heavy atom. The largest absolute Gasteiger partial charge is 0.353 e. The summed E-state index contributed by atoms with van der Waals surface area (Å²) in [5, 5.41) is 3.25. The van der Waals surface area contributed by atoms with Crippen LogP contribution in [0.2, 0.25) is 0 Å². The van der Waals surface area contributed by atoms with E-state index in [0.29, 0.717) is 36.3 Å². The van der Waals surface area contributed by atoms with Crippen molar-refractivity contribution in [3.63, 3.8) is 0 Å². The fraction of sp³-hybridized carbons (Fsp3) is 0.774. The highest BCUT2D eigenvalue weighted by Crippen LogP contribution is 2.63. The molecule has 8 rings (SSSR count). The summed E-state index contributed by atoms with van der Waals surface area (Å²) < 4.78 is 36.3. The van der Waals surface area contributed by atoms with Crippen LogP contribution in [0.4, 0.5) is 0 Å². The SMILES string of the molecule is Cc1ccc(S(=O)(=O)O)cc1.NC1CCC(NC(=O)CC2CCC3(CC2)OOC2(O3)C3CC4CC(C3)CC2C4)CC1. The predicted octanol–water partition coefficient (Wildman–Crippen LogP) is 5.02. The first-order valence-electron chi connectivity index (χ1n) is 15.7. The van der Waals surface area contributed by atoms with Crippen molar-refractivity contribution in [1.29, 1.82) is 0 Å². The number of benzene rings is 1. The molecule has 0 atom stereocenters. The number of hydrogen-bond acceptors (Lipinski definition) is 7. The van der Waals surface area contributed by atoms with E-state index in [-0.39, 0.29) is 10.8 Å². The number of nitrogens with one attached hydrogen (secondary N) is 1. The van der Waals surface area contributed by atoms with E-state index < -0.39 is 21.7 Å². The van der Waals surface area contributed by atoms with Crippen molar-refractivity contribution < 1.29 is 32.3 Å². The van der Waals surface area contributed by atoms with Gasteiger partial charge in [0, 0.05) is 43.2 Å². The second-order valence-corrected chi connectivity index (χ2v) is 15.2. The van der Waals surface area contributed by atoms with E-state index in [1.807, 2.05) is 6.92 Å². The van der Waals surface area contributed by atoms with Crippen LogP contribution in [0, 0.1) is 36.5 Å². The first-order chi connectivity index (χ1) is 19.5. The first-order valence-corrected chi connectivity index (χ1v) is 17.1. The van der Waals surface area contributed by atoms with Crippen molar-refractivity contribution in [3.05, 3.63) is 29.8 Å². The molecule has 10 heteroatoms. The summed E-state index contributed by atoms with van der Waals surface area (Å²) in [4.78, 5) is 24.6. The lowest BCUT2D eigenvalue weighted by Gasteiger charge is -2.57. The zero-order valence-corrected chi connectivity index (χ0v) is 24.9. The number of carbonyl (C=O) groups excluding carboxylic acids is 1. The van der Waals surface area contributed by atoms with Gasteiger partial charge in [-0.15, -0.1) is 0 Å². The third-order valence-electron chi connectivity index (χ3n) is 10.7. The van der Waals surface area contributed by atoms with Crippen LogP contribution in [0.25, 0.3) is 0 Å². The Bertz CT molecular complexity index is 1160. The molecule has 1 amide bonds. The van der Waals surface area contributed by atoms with Crippen LogP contribution in [-0.2, 0) is 29.4 Å². The van der Waals surface area contributed by atoms with Crippen LogP contribution in [0.15, 0.2) is 29.2 Å². The Labute approximate surface area is 243 Å². The monoisotopic (exact) mass is 590 g/mol. The van der Waals surface area contributed by atoms with Crippen LogP contribution in [-0.4, -0.2) is 42.5 Å². The normalized spacial score (nSPS) is 41.3. The van der Waals surface area contributed by atoms with Crippen LogP contribution < -0.4 is 11.1 Å². The van der Waals surface area contributed by atoms with Gasteiger partial charge in [-0.3, -0.25) is 9.35 Å². The quantitative estimate of drug-likeness (QED) is 0.328. The highest BCUT2D eigenvalue weighted by molar-refractivity contribution is 7.85. The van der Waals surface area contributed by atoms with E-state index >= 15 is 0 Å². The summed E-state index contributed by atoms with van der Waals surface area (Å²) in [6, 6.07) is 6.62. The molecule has 228 valence electrons. The van der Waals surface area contributed by atoms with E-state index in [2.05, 4.69) is 5.32 Å². The molecule has 1 saturated heterocycles. The van der Waals surface area contributed by atoms with Crippen molar-refractivity contribution in [2.24, 2.45) is 35.3 Å². The average molecular weight is 591 g/mol. The molecule has 6 saturated carbocycles. The molecular formula is C31H46N2O7S. The molecule has 41 heavy (non-hydrogen) atoms. The number of nitrogens with two attached hydrogens (primary N) is 1. The topological polar surface area (TPSA) is 137 Å². The van der Waals surface area contributed by atoms with Gasteiger partial charge in [-0.2, -0.15) is 18.2 Å². The van der Waals surface area contributed by atoms with Gasteiger partial charge < -0.3 is 15.8 Å². The zero-order valence-electron chi connectivity index (χ0n) is 24.1. The Morgan fingerprint density at radius 2 is 1.51 bits per heavy atom. The molecular weight excluding hydrogens is 544 g/mol. The van der Waals surface area contributed by atoms with E-state index in [1.165, 1.54) is 44.2 Å². The highest BCUT2D eigenvalue weighted by atomic mass is 32.2. The lowest BCUT2D eigenvalue weighted by Crippen LogP contribution is -2.59. The molecule has 1 aliphatic heterocycles. The third kappa shape index (κ3) is 6.38. The molecule has 1 aromatic rings. The molecule has 1 heterocycles. The summed E-state index contributed by atoms with van der Waals surface area (Å²) in [6.07, 6.45) is 14.8. The zero-order chi connectivity index (χ0) is 28.8. The van der Waals surface area contributed by atoms with Crippen molar-refractivity contribution in [2.45, 2.75) is 125 Å². The number of carbonyl (C=O) groups is 1. The molecule has 0 radical (unpaired) electrons. The molecule has 1 aromatic carbocycles. The van der Waals surface area contributed by atoms with Gasteiger partial charge in [-0.25, -0.2) is 0 Å². The van der Waals surface area contributed by atoms with Crippen molar-refractivity contribution in [3.8, 4) is 0 Å². The molecule has 2 spiro atoms. The smallest absolute Gasteiger partial charge is 0.294 e. The second-order valence-electron chi connectivity index (χ2n) is 13.8. The third-order valence-corrected chi connectivity index (χ3v) is 11.6. The minimum Gasteiger partial charge on any atom is -0.353 e. The average Bonchev–Trinajstić information content (AvgIpc) is 3.30. The van der Waals surface area contributed by atoms with Gasteiger partial charge in [-0.1, -0.05) is 17.7 Å². The van der Waals surface area contributed by atoms with Crippen molar-refractivity contribution in [2.75, 3.05) is 0 Å². The van der Waals surface area contributed by atoms with Gasteiger partial charge >= 0.3 is 0 Å². The Morgan fingerprint density at radius 3 is 2.07 bits per heavy atom. The number of ether oxygens (including phenoxy) is 1. The molecule has 7 fully saturated rings. The van der Waals surface area contributed by atoms with E-state index in [9.17, 15) is 13.2 Å². The Balaban J connectivity index is 0.000000233. The fourth-order valence-electron chi connectivity index (χ4n) is 8.64. The Kier molecular flexibility index (Phi) is 8.28. The minimum atomic E-state index is -4.02.